The highest BCUT2D eigenvalue weighted by Gasteiger charge is 2.13. The normalized spacial score (nSPS) is 11.7. The quantitative estimate of drug-likeness (QED) is 0.0419. The first-order chi connectivity index (χ1) is 27.5. The molecule has 57 heavy (non-hydrogen) atoms. The Hall–Kier alpha value is 0.0300. The number of phosphoric acid groups is 1. The minimum Gasteiger partial charge on any atom is -0.381 e. The Balaban J connectivity index is -0.00000119. The molecule has 0 spiro atoms. The fourth-order valence-corrected chi connectivity index (χ4v) is 7.79. The van der Waals surface area contributed by atoms with Crippen molar-refractivity contribution in [2.24, 2.45) is 11.8 Å². The van der Waals surface area contributed by atoms with Gasteiger partial charge in [-0.05, 0) is 64.6 Å². The molecule has 0 aromatic heterocycles. The van der Waals surface area contributed by atoms with E-state index in [1.54, 1.807) is 0 Å². The van der Waals surface area contributed by atoms with Crippen LogP contribution in [-0.4, -0.2) is 53.4 Å². The minimum absolute atomic E-state index is 0.807. The Morgan fingerprint density at radius 2 is 0.561 bits per heavy atom. The van der Waals surface area contributed by atoms with E-state index >= 15 is 0 Å². The summed E-state index contributed by atoms with van der Waals surface area (Å²) in [4.78, 5) is 23.8. The Kier molecular flexibility index (Phi) is 56.1. The molecular weight excluding hydrogens is 726 g/mol. The largest absolute Gasteiger partial charge is 0.466 e. The van der Waals surface area contributed by atoms with E-state index in [9.17, 15) is 0 Å². The van der Waals surface area contributed by atoms with Gasteiger partial charge in [0.2, 0.25) is 0 Å². The van der Waals surface area contributed by atoms with Gasteiger partial charge in [-0.15, -0.1) is 0 Å². The van der Waals surface area contributed by atoms with Crippen LogP contribution in [0.4, 0.5) is 0 Å². The van der Waals surface area contributed by atoms with Gasteiger partial charge < -0.3 is 24.3 Å². The van der Waals surface area contributed by atoms with Crippen LogP contribution in [0.15, 0.2) is 0 Å². The first-order valence-electron chi connectivity index (χ1n) is 25.6. The van der Waals surface area contributed by atoms with Crippen molar-refractivity contribution in [1.29, 1.82) is 0 Å². The Morgan fingerprint density at radius 3 is 0.772 bits per heavy atom. The Morgan fingerprint density at radius 1 is 0.368 bits per heavy atom. The summed E-state index contributed by atoms with van der Waals surface area (Å²) < 4.78 is 15.4. The number of ether oxygens (including phenoxy) is 1. The molecule has 0 unspecified atom stereocenters. The summed E-state index contributed by atoms with van der Waals surface area (Å²) in [6, 6.07) is 0. The van der Waals surface area contributed by atoms with Gasteiger partial charge in [-0.2, -0.15) is 0 Å². The number of unbranched alkanes of at least 4 members (excludes halogenated alkanes) is 29. The molecule has 348 valence electrons. The monoisotopic (exact) mass is 834 g/mol. The summed E-state index contributed by atoms with van der Waals surface area (Å²) >= 11 is 0. The summed E-state index contributed by atoms with van der Waals surface area (Å²) in [6.45, 7) is 14.9. The first-order valence-corrected chi connectivity index (χ1v) is 27.1. The standard InChI is InChI=1S/C36H74O.C14H31N.H3O4P/c1-5-9-13-17-21-25-29-35(30-26-22-18-14-10-6-2)33-37-34-36(31-27-23-19-15-11-7-3)32-28-24-20-16-12-8-4;1-4-5-6-7-8-9-10-11-12-13-14-15(2)3;1-5(2,3)4/h35-36H,5-34H2,1-4H3;4-14H2,1-3H3;(H3,1,2,3,4). The maximum atomic E-state index is 8.88. The molecule has 0 aliphatic heterocycles. The van der Waals surface area contributed by atoms with Gasteiger partial charge in [-0.25, -0.2) is 4.57 Å². The second-order valence-electron chi connectivity index (χ2n) is 18.0. The van der Waals surface area contributed by atoms with Gasteiger partial charge in [0.05, 0.1) is 0 Å². The number of rotatable bonds is 43. The third-order valence-corrected chi connectivity index (χ3v) is 11.5. The van der Waals surface area contributed by atoms with Crippen molar-refractivity contribution in [3.8, 4) is 0 Å². The molecular formula is C50H108NO5P. The third kappa shape index (κ3) is 65.3. The predicted molar refractivity (Wildman–Crippen MR) is 254 cm³/mol. The van der Waals surface area contributed by atoms with Crippen LogP contribution < -0.4 is 0 Å². The predicted octanol–water partition coefficient (Wildman–Crippen LogP) is 16.8. The zero-order valence-electron chi connectivity index (χ0n) is 40.2. The van der Waals surface area contributed by atoms with Crippen LogP contribution in [0.3, 0.4) is 0 Å². The second kappa shape index (κ2) is 52.2. The molecule has 0 aliphatic rings. The average Bonchev–Trinajstić information content (AvgIpc) is 3.16. The van der Waals surface area contributed by atoms with Crippen molar-refractivity contribution < 1.29 is 24.0 Å². The van der Waals surface area contributed by atoms with Crippen LogP contribution in [0.5, 0.6) is 0 Å². The van der Waals surface area contributed by atoms with Gasteiger partial charge in [0.25, 0.3) is 0 Å². The van der Waals surface area contributed by atoms with Gasteiger partial charge in [0.15, 0.2) is 0 Å². The Bertz CT molecular complexity index is 672. The van der Waals surface area contributed by atoms with E-state index < -0.39 is 7.82 Å². The first kappa shape index (κ1) is 61.3. The van der Waals surface area contributed by atoms with Crippen LogP contribution in [0.1, 0.15) is 279 Å². The fourth-order valence-electron chi connectivity index (χ4n) is 7.79. The van der Waals surface area contributed by atoms with E-state index in [1.165, 1.54) is 251 Å². The molecule has 0 aromatic carbocycles. The summed E-state index contributed by atoms with van der Waals surface area (Å²) in [5.41, 5.74) is 0. The number of hydrogen-bond acceptors (Lipinski definition) is 3. The molecule has 0 atom stereocenters. The van der Waals surface area contributed by atoms with Gasteiger partial charge >= 0.3 is 7.82 Å². The van der Waals surface area contributed by atoms with Crippen LogP contribution >= 0.6 is 7.82 Å². The minimum atomic E-state index is -4.64. The molecule has 0 saturated heterocycles. The van der Waals surface area contributed by atoms with Gasteiger partial charge in [-0.3, -0.25) is 0 Å². The summed E-state index contributed by atoms with van der Waals surface area (Å²) in [6.07, 6.45) is 54.0. The van der Waals surface area contributed by atoms with Crippen LogP contribution in [-0.2, 0) is 9.30 Å². The van der Waals surface area contributed by atoms with E-state index in [-0.39, 0.29) is 0 Å². The molecule has 0 aliphatic carbocycles. The van der Waals surface area contributed by atoms with Crippen molar-refractivity contribution in [2.75, 3.05) is 33.9 Å². The van der Waals surface area contributed by atoms with E-state index in [1.807, 2.05) is 0 Å². The van der Waals surface area contributed by atoms with E-state index in [0.29, 0.717) is 0 Å². The lowest BCUT2D eigenvalue weighted by Crippen LogP contribution is -2.16. The molecule has 0 amide bonds. The third-order valence-electron chi connectivity index (χ3n) is 11.5. The Labute approximate surface area is 359 Å². The van der Waals surface area contributed by atoms with Crippen LogP contribution in [0.25, 0.3) is 0 Å². The molecule has 0 radical (unpaired) electrons. The smallest absolute Gasteiger partial charge is 0.381 e. The molecule has 7 heteroatoms. The highest BCUT2D eigenvalue weighted by Crippen LogP contribution is 2.26. The van der Waals surface area contributed by atoms with Crippen molar-refractivity contribution in [1.82, 2.24) is 4.90 Å². The topological polar surface area (TPSA) is 90.2 Å². The summed E-state index contributed by atoms with van der Waals surface area (Å²) in [7, 11) is -0.318. The molecule has 0 heterocycles. The molecule has 0 saturated carbocycles. The van der Waals surface area contributed by atoms with E-state index in [2.05, 4.69) is 53.6 Å². The van der Waals surface area contributed by atoms with Crippen LogP contribution in [0, 0.1) is 11.8 Å². The summed E-state index contributed by atoms with van der Waals surface area (Å²) in [5, 5.41) is 0. The second-order valence-corrected chi connectivity index (χ2v) is 19.0. The molecule has 0 fully saturated rings. The maximum absolute atomic E-state index is 8.88. The molecule has 0 rings (SSSR count). The summed E-state index contributed by atoms with van der Waals surface area (Å²) in [5.74, 6) is 1.61. The fraction of sp³-hybridized carbons (Fsp3) is 1.00. The highest BCUT2D eigenvalue weighted by molar-refractivity contribution is 7.45. The average molecular weight is 834 g/mol. The highest BCUT2D eigenvalue weighted by atomic mass is 31.2. The van der Waals surface area contributed by atoms with Crippen molar-refractivity contribution in [3.05, 3.63) is 0 Å². The lowest BCUT2D eigenvalue weighted by atomic mass is 9.93. The lowest BCUT2D eigenvalue weighted by Gasteiger charge is -2.21. The van der Waals surface area contributed by atoms with E-state index in [4.69, 9.17) is 24.0 Å². The number of hydrogen-bond donors (Lipinski definition) is 3. The lowest BCUT2D eigenvalue weighted by molar-refractivity contribution is 0.0587. The molecule has 0 bridgehead atoms. The van der Waals surface area contributed by atoms with E-state index in [0.717, 1.165) is 25.0 Å². The van der Waals surface area contributed by atoms with Crippen molar-refractivity contribution in [3.63, 3.8) is 0 Å². The van der Waals surface area contributed by atoms with Crippen LogP contribution in [0.2, 0.25) is 0 Å². The zero-order valence-corrected chi connectivity index (χ0v) is 41.1. The molecule has 3 N–H and O–H groups in total. The van der Waals surface area contributed by atoms with Gasteiger partial charge in [-0.1, -0.05) is 247 Å². The van der Waals surface area contributed by atoms with Crippen molar-refractivity contribution in [2.45, 2.75) is 279 Å². The van der Waals surface area contributed by atoms with Gasteiger partial charge in [0.1, 0.15) is 0 Å². The van der Waals surface area contributed by atoms with Crippen molar-refractivity contribution >= 4 is 7.82 Å². The maximum Gasteiger partial charge on any atom is 0.466 e. The number of nitrogens with zero attached hydrogens (tertiary/aromatic N) is 1. The SMILES string of the molecule is CCCCCCCCC(CCCCCCCC)COCC(CCCCCCCC)CCCCCCCC.CCCCCCCCCCCCN(C)C.O=P(O)(O)O. The molecule has 0 aromatic rings. The molecule has 6 nitrogen and oxygen atoms in total. The van der Waals surface area contributed by atoms with Gasteiger partial charge in [0, 0.05) is 13.2 Å². The zero-order chi connectivity index (χ0) is 42.9.